The zero-order valence-electron chi connectivity index (χ0n) is 15.0. The third kappa shape index (κ3) is 3.07. The van der Waals surface area contributed by atoms with E-state index in [4.69, 9.17) is 6.57 Å². The highest BCUT2D eigenvalue weighted by molar-refractivity contribution is 5.66. The fraction of sp³-hybridized carbons (Fsp3) is 0.278. The molecule has 0 saturated heterocycles. The standard InChI is InChI=1S/C18H19N7O/c1-11-13(17(26)25(24-11)12-9-7-6-8-10-12)20-22-16-14(19-5)15(21-23-16)18(2,3)4/h6-10,24H,1-4H3,(H,21,23). The van der Waals surface area contributed by atoms with Gasteiger partial charge in [0.05, 0.1) is 18.0 Å². The number of aromatic amines is 2. The summed E-state index contributed by atoms with van der Waals surface area (Å²) in [5.74, 6) is 0.177. The van der Waals surface area contributed by atoms with Gasteiger partial charge in [-0.15, -0.1) is 10.2 Å². The first-order valence-corrected chi connectivity index (χ1v) is 8.08. The van der Waals surface area contributed by atoms with Gasteiger partial charge in [0.1, 0.15) is 0 Å². The summed E-state index contributed by atoms with van der Waals surface area (Å²) < 4.78 is 1.41. The largest absolute Gasteiger partial charge is 0.299 e. The molecule has 0 radical (unpaired) electrons. The molecular formula is C18H19N7O. The summed E-state index contributed by atoms with van der Waals surface area (Å²) in [5.41, 5.74) is 1.90. The average Bonchev–Trinajstić information content (AvgIpc) is 3.14. The van der Waals surface area contributed by atoms with Crippen LogP contribution in [0.25, 0.3) is 10.5 Å². The second kappa shape index (κ2) is 6.44. The monoisotopic (exact) mass is 349 g/mol. The van der Waals surface area contributed by atoms with Gasteiger partial charge in [0.15, 0.2) is 5.69 Å². The van der Waals surface area contributed by atoms with Gasteiger partial charge in [-0.1, -0.05) is 39.0 Å². The van der Waals surface area contributed by atoms with Gasteiger partial charge in [0.2, 0.25) is 5.82 Å². The number of azo groups is 1. The second-order valence-corrected chi connectivity index (χ2v) is 6.89. The van der Waals surface area contributed by atoms with Crippen molar-refractivity contribution < 1.29 is 0 Å². The molecule has 0 saturated carbocycles. The molecule has 3 rings (SSSR count). The summed E-state index contributed by atoms with van der Waals surface area (Å²) in [4.78, 5) is 16.1. The van der Waals surface area contributed by atoms with Crippen molar-refractivity contribution in [3.8, 4) is 5.69 Å². The number of hydrogen-bond donors (Lipinski definition) is 2. The van der Waals surface area contributed by atoms with E-state index >= 15 is 0 Å². The minimum absolute atomic E-state index is 0.177. The van der Waals surface area contributed by atoms with Crippen LogP contribution in [-0.2, 0) is 5.41 Å². The molecule has 0 unspecified atom stereocenters. The van der Waals surface area contributed by atoms with Gasteiger partial charge >= 0.3 is 0 Å². The molecule has 0 bridgehead atoms. The Morgan fingerprint density at radius 3 is 2.50 bits per heavy atom. The summed E-state index contributed by atoms with van der Waals surface area (Å²) in [6.07, 6.45) is 0. The maximum Gasteiger partial charge on any atom is 0.299 e. The molecule has 0 atom stereocenters. The number of rotatable bonds is 3. The second-order valence-electron chi connectivity index (χ2n) is 6.89. The lowest BCUT2D eigenvalue weighted by Crippen LogP contribution is -2.13. The predicted octanol–water partition coefficient (Wildman–Crippen LogP) is 4.46. The lowest BCUT2D eigenvalue weighted by molar-refractivity contribution is 0.569. The molecule has 26 heavy (non-hydrogen) atoms. The van der Waals surface area contributed by atoms with Crippen molar-refractivity contribution in [1.29, 1.82) is 0 Å². The van der Waals surface area contributed by atoms with Crippen LogP contribution in [0.2, 0.25) is 0 Å². The smallest absolute Gasteiger partial charge is 0.293 e. The zero-order valence-corrected chi connectivity index (χ0v) is 15.0. The van der Waals surface area contributed by atoms with Crippen molar-refractivity contribution in [2.45, 2.75) is 33.1 Å². The summed E-state index contributed by atoms with van der Waals surface area (Å²) in [6.45, 7) is 15.1. The van der Waals surface area contributed by atoms with Crippen LogP contribution in [0.4, 0.5) is 17.2 Å². The lowest BCUT2D eigenvalue weighted by Gasteiger charge is -2.16. The molecule has 0 fully saturated rings. The van der Waals surface area contributed by atoms with Crippen LogP contribution in [0.15, 0.2) is 45.4 Å². The Morgan fingerprint density at radius 1 is 1.19 bits per heavy atom. The highest BCUT2D eigenvalue weighted by Crippen LogP contribution is 2.37. The fourth-order valence-corrected chi connectivity index (χ4v) is 2.54. The number of nitrogens with one attached hydrogen (secondary N) is 2. The van der Waals surface area contributed by atoms with E-state index in [1.165, 1.54) is 4.68 Å². The maximum atomic E-state index is 12.6. The minimum atomic E-state index is -0.312. The van der Waals surface area contributed by atoms with E-state index in [9.17, 15) is 4.79 Å². The number of H-pyrrole nitrogens is 2. The van der Waals surface area contributed by atoms with Gasteiger partial charge in [-0.3, -0.25) is 15.0 Å². The Morgan fingerprint density at radius 2 is 1.88 bits per heavy atom. The highest BCUT2D eigenvalue weighted by atomic mass is 16.1. The first kappa shape index (κ1) is 17.4. The average molecular weight is 349 g/mol. The fourth-order valence-electron chi connectivity index (χ4n) is 2.54. The van der Waals surface area contributed by atoms with Crippen molar-refractivity contribution in [3.63, 3.8) is 0 Å². The van der Waals surface area contributed by atoms with Crippen LogP contribution in [0, 0.1) is 13.5 Å². The number of hydrogen-bond acceptors (Lipinski definition) is 4. The van der Waals surface area contributed by atoms with Crippen molar-refractivity contribution in [2.24, 2.45) is 10.2 Å². The Balaban J connectivity index is 2.01. The molecule has 2 N–H and O–H groups in total. The van der Waals surface area contributed by atoms with E-state index in [1.807, 2.05) is 51.1 Å². The molecule has 2 aromatic heterocycles. The molecule has 132 valence electrons. The first-order valence-electron chi connectivity index (χ1n) is 8.08. The van der Waals surface area contributed by atoms with Gasteiger partial charge in [-0.05, 0) is 24.5 Å². The number of benzene rings is 1. The molecule has 0 aliphatic rings. The van der Waals surface area contributed by atoms with Crippen LogP contribution < -0.4 is 5.56 Å². The van der Waals surface area contributed by atoms with Crippen LogP contribution in [0.3, 0.4) is 0 Å². The molecule has 8 heteroatoms. The normalized spacial score (nSPS) is 11.8. The van der Waals surface area contributed by atoms with Crippen LogP contribution in [0.1, 0.15) is 32.2 Å². The topological polar surface area (TPSA) is 95.6 Å². The van der Waals surface area contributed by atoms with Gasteiger partial charge < -0.3 is 0 Å². The van der Waals surface area contributed by atoms with Gasteiger partial charge in [-0.25, -0.2) is 9.53 Å². The van der Waals surface area contributed by atoms with E-state index in [-0.39, 0.29) is 22.5 Å². The molecule has 0 amide bonds. The summed E-state index contributed by atoms with van der Waals surface area (Å²) >= 11 is 0. The van der Waals surface area contributed by atoms with Crippen LogP contribution >= 0.6 is 0 Å². The third-order valence-electron chi connectivity index (χ3n) is 3.88. The van der Waals surface area contributed by atoms with Gasteiger partial charge in [-0.2, -0.15) is 5.10 Å². The van der Waals surface area contributed by atoms with Gasteiger partial charge in [0, 0.05) is 5.69 Å². The number of aromatic nitrogens is 4. The van der Waals surface area contributed by atoms with Gasteiger partial charge in [0.25, 0.3) is 11.2 Å². The number of para-hydroxylation sites is 1. The Bertz CT molecular complexity index is 1060. The van der Waals surface area contributed by atoms with Crippen molar-refractivity contribution in [3.05, 3.63) is 63.5 Å². The SMILES string of the molecule is [C-]#[N+]c1c(N=Nc2c(C)[nH]n(-c3ccccc3)c2=O)n[nH]c1C(C)(C)C. The number of nitrogens with zero attached hydrogens (tertiary/aromatic N) is 5. The molecular weight excluding hydrogens is 330 g/mol. The maximum absolute atomic E-state index is 12.6. The van der Waals surface area contributed by atoms with Crippen molar-refractivity contribution in [1.82, 2.24) is 20.0 Å². The molecule has 0 aliphatic heterocycles. The first-order chi connectivity index (χ1) is 12.3. The minimum Gasteiger partial charge on any atom is -0.293 e. The van der Waals surface area contributed by atoms with E-state index in [0.29, 0.717) is 22.8 Å². The molecule has 0 aliphatic carbocycles. The van der Waals surface area contributed by atoms with E-state index < -0.39 is 0 Å². The number of aryl methyl sites for hydroxylation is 1. The van der Waals surface area contributed by atoms with Crippen LogP contribution in [-0.4, -0.2) is 20.0 Å². The molecule has 8 nitrogen and oxygen atoms in total. The quantitative estimate of drug-likeness (QED) is 0.539. The van der Waals surface area contributed by atoms with Crippen molar-refractivity contribution >= 4 is 17.2 Å². The van der Waals surface area contributed by atoms with Crippen molar-refractivity contribution in [2.75, 3.05) is 0 Å². The molecule has 1 aromatic carbocycles. The predicted molar refractivity (Wildman–Crippen MR) is 98.9 cm³/mol. The van der Waals surface area contributed by atoms with E-state index in [1.54, 1.807) is 6.92 Å². The summed E-state index contributed by atoms with van der Waals surface area (Å²) in [7, 11) is 0. The molecule has 2 heterocycles. The van der Waals surface area contributed by atoms with E-state index in [2.05, 4.69) is 30.4 Å². The lowest BCUT2D eigenvalue weighted by atomic mass is 9.91. The Labute approximate surface area is 150 Å². The third-order valence-corrected chi connectivity index (χ3v) is 3.88. The Kier molecular flexibility index (Phi) is 4.30. The summed E-state index contributed by atoms with van der Waals surface area (Å²) in [6, 6.07) is 9.20. The molecule has 3 aromatic rings. The molecule has 0 spiro atoms. The van der Waals surface area contributed by atoms with Crippen LogP contribution in [0.5, 0.6) is 0 Å². The van der Waals surface area contributed by atoms with E-state index in [0.717, 1.165) is 0 Å². The summed E-state index contributed by atoms with van der Waals surface area (Å²) in [5, 5.41) is 18.0. The Hall–Kier alpha value is -3.47. The highest BCUT2D eigenvalue weighted by Gasteiger charge is 2.24. The zero-order chi connectivity index (χ0) is 18.9.